The van der Waals surface area contributed by atoms with E-state index in [1.807, 2.05) is 6.92 Å². The summed E-state index contributed by atoms with van der Waals surface area (Å²) in [4.78, 5) is 21.7. The van der Waals surface area contributed by atoms with E-state index in [2.05, 4.69) is 41.4 Å². The summed E-state index contributed by atoms with van der Waals surface area (Å²) < 4.78 is 0.901. The van der Waals surface area contributed by atoms with Crippen molar-refractivity contribution >= 4 is 56.8 Å². The van der Waals surface area contributed by atoms with E-state index in [9.17, 15) is 4.79 Å². The van der Waals surface area contributed by atoms with E-state index in [0.29, 0.717) is 12.2 Å². The van der Waals surface area contributed by atoms with E-state index in [1.54, 1.807) is 12.4 Å². The third kappa shape index (κ3) is 3.76. The number of rotatable bonds is 3. The molecule has 0 aromatic carbocycles. The molecule has 1 atom stereocenters. The van der Waals surface area contributed by atoms with Crippen LogP contribution in [0.5, 0.6) is 0 Å². The van der Waals surface area contributed by atoms with Crippen molar-refractivity contribution in [3.05, 3.63) is 16.9 Å². The number of amides is 2. The first-order valence-corrected chi connectivity index (χ1v) is 8.60. The van der Waals surface area contributed by atoms with Crippen LogP contribution in [-0.2, 0) is 0 Å². The number of H-pyrrole nitrogens is 1. The molecule has 9 heteroatoms. The van der Waals surface area contributed by atoms with Crippen LogP contribution in [0.4, 0.5) is 16.2 Å². The molecule has 0 bridgehead atoms. The predicted molar refractivity (Wildman–Crippen MR) is 103 cm³/mol. The highest BCUT2D eigenvalue weighted by Gasteiger charge is 2.23. The van der Waals surface area contributed by atoms with Gasteiger partial charge in [-0.05, 0) is 35.7 Å². The Bertz CT molecular complexity index is 721. The van der Waals surface area contributed by atoms with Crippen molar-refractivity contribution in [1.82, 2.24) is 15.3 Å². The minimum Gasteiger partial charge on any atom is -0.368 e. The van der Waals surface area contributed by atoms with Gasteiger partial charge in [-0.3, -0.25) is 0 Å². The minimum atomic E-state index is -0.227. The van der Waals surface area contributed by atoms with E-state index in [4.69, 9.17) is 5.73 Å². The van der Waals surface area contributed by atoms with Gasteiger partial charge >= 0.3 is 6.03 Å². The summed E-state index contributed by atoms with van der Waals surface area (Å²) in [6.45, 7) is 4.19. The van der Waals surface area contributed by atoms with Crippen molar-refractivity contribution in [1.29, 1.82) is 0 Å². The van der Waals surface area contributed by atoms with Crippen LogP contribution in [0.25, 0.3) is 11.0 Å². The maximum atomic E-state index is 11.9. The van der Waals surface area contributed by atoms with Gasteiger partial charge in [-0.2, -0.15) is 0 Å². The molecule has 132 valence electrons. The molecule has 2 aromatic heterocycles. The zero-order valence-electron chi connectivity index (χ0n) is 13.4. The number of anilines is 2. The molecular formula is C15H22BrClN6O. The first kappa shape index (κ1) is 18.8. The summed E-state index contributed by atoms with van der Waals surface area (Å²) in [5.41, 5.74) is 8.62. The number of fused-ring (bicyclic) bond motifs is 1. The highest BCUT2D eigenvalue weighted by atomic mass is 79.9. The first-order chi connectivity index (χ1) is 11.1. The SMILES string of the molecule is CCNC(=O)Nc1c[nH]c2ncc(Br)c(N3CCCC(N)C3)c12.Cl. The fourth-order valence-corrected chi connectivity index (χ4v) is 3.56. The smallest absolute Gasteiger partial charge is 0.319 e. The number of aromatic amines is 1. The predicted octanol–water partition coefficient (Wildman–Crippen LogP) is 2.82. The van der Waals surface area contributed by atoms with Gasteiger partial charge in [-0.15, -0.1) is 12.4 Å². The Labute approximate surface area is 155 Å². The van der Waals surface area contributed by atoms with E-state index < -0.39 is 0 Å². The van der Waals surface area contributed by atoms with Gasteiger partial charge in [0.25, 0.3) is 0 Å². The molecule has 2 aromatic rings. The number of aromatic nitrogens is 2. The Kier molecular flexibility index (Phi) is 6.31. The second-order valence-corrected chi connectivity index (χ2v) is 6.57. The number of carbonyl (C=O) groups is 1. The van der Waals surface area contributed by atoms with Crippen molar-refractivity contribution in [3.8, 4) is 0 Å². The average molecular weight is 418 g/mol. The quantitative estimate of drug-likeness (QED) is 0.617. The molecule has 3 heterocycles. The Hall–Kier alpha value is -1.51. The fourth-order valence-electron chi connectivity index (χ4n) is 3.00. The molecule has 1 unspecified atom stereocenters. The minimum absolute atomic E-state index is 0. The molecule has 24 heavy (non-hydrogen) atoms. The number of nitrogens with two attached hydrogens (primary N) is 1. The van der Waals surface area contributed by atoms with Crippen LogP contribution in [0.15, 0.2) is 16.9 Å². The van der Waals surface area contributed by atoms with Gasteiger partial charge in [0.15, 0.2) is 0 Å². The molecule has 1 aliphatic heterocycles. The monoisotopic (exact) mass is 416 g/mol. The van der Waals surface area contributed by atoms with Crippen LogP contribution in [0.2, 0.25) is 0 Å². The van der Waals surface area contributed by atoms with Gasteiger partial charge in [0, 0.05) is 38.1 Å². The Morgan fingerprint density at radius 2 is 2.38 bits per heavy atom. The van der Waals surface area contributed by atoms with Crippen LogP contribution in [-0.4, -0.2) is 41.7 Å². The van der Waals surface area contributed by atoms with Crippen LogP contribution >= 0.6 is 28.3 Å². The van der Waals surface area contributed by atoms with E-state index >= 15 is 0 Å². The van der Waals surface area contributed by atoms with Gasteiger partial charge in [0.2, 0.25) is 0 Å². The molecule has 2 amide bonds. The molecule has 1 fully saturated rings. The van der Waals surface area contributed by atoms with Crippen molar-refractivity contribution in [3.63, 3.8) is 0 Å². The number of piperidine rings is 1. The number of urea groups is 1. The van der Waals surface area contributed by atoms with Gasteiger partial charge in [-0.25, -0.2) is 9.78 Å². The number of hydrogen-bond donors (Lipinski definition) is 4. The molecule has 0 aliphatic carbocycles. The lowest BCUT2D eigenvalue weighted by Crippen LogP contribution is -2.43. The van der Waals surface area contributed by atoms with Crippen LogP contribution in [0, 0.1) is 0 Å². The summed E-state index contributed by atoms with van der Waals surface area (Å²) in [5, 5.41) is 6.53. The lowest BCUT2D eigenvalue weighted by atomic mass is 10.1. The Balaban J connectivity index is 0.00000208. The number of pyridine rings is 1. The summed E-state index contributed by atoms with van der Waals surface area (Å²) >= 11 is 3.60. The first-order valence-electron chi connectivity index (χ1n) is 7.81. The summed E-state index contributed by atoms with van der Waals surface area (Å²) in [7, 11) is 0. The second kappa shape index (κ2) is 8.04. The summed E-state index contributed by atoms with van der Waals surface area (Å²) in [5.74, 6) is 0. The Morgan fingerprint density at radius 1 is 1.58 bits per heavy atom. The topological polar surface area (TPSA) is 99.1 Å². The number of carbonyl (C=O) groups excluding carboxylic acids is 1. The lowest BCUT2D eigenvalue weighted by Gasteiger charge is -2.33. The molecule has 1 aliphatic rings. The zero-order chi connectivity index (χ0) is 16.4. The number of nitrogens with zero attached hydrogens (tertiary/aromatic N) is 2. The molecule has 0 spiro atoms. The van der Waals surface area contributed by atoms with E-state index in [-0.39, 0.29) is 24.5 Å². The third-order valence-electron chi connectivity index (χ3n) is 3.99. The largest absolute Gasteiger partial charge is 0.368 e. The van der Waals surface area contributed by atoms with Crippen molar-refractivity contribution in [2.24, 2.45) is 5.73 Å². The normalized spacial score (nSPS) is 17.5. The number of hydrogen-bond acceptors (Lipinski definition) is 4. The van der Waals surface area contributed by atoms with Crippen LogP contribution in [0.3, 0.4) is 0 Å². The molecule has 0 saturated carbocycles. The molecule has 1 saturated heterocycles. The van der Waals surface area contributed by atoms with Crippen molar-refractivity contribution in [2.45, 2.75) is 25.8 Å². The molecule has 7 nitrogen and oxygen atoms in total. The van der Waals surface area contributed by atoms with Crippen molar-refractivity contribution < 1.29 is 4.79 Å². The maximum absolute atomic E-state index is 11.9. The number of nitrogens with one attached hydrogen (secondary N) is 3. The lowest BCUT2D eigenvalue weighted by molar-refractivity contribution is 0.252. The third-order valence-corrected chi connectivity index (χ3v) is 4.57. The molecule has 5 N–H and O–H groups in total. The fraction of sp³-hybridized carbons (Fsp3) is 0.467. The second-order valence-electron chi connectivity index (χ2n) is 5.71. The maximum Gasteiger partial charge on any atom is 0.319 e. The summed E-state index contributed by atoms with van der Waals surface area (Å²) in [6.07, 6.45) is 5.65. The van der Waals surface area contributed by atoms with Crippen LogP contribution in [0.1, 0.15) is 19.8 Å². The average Bonchev–Trinajstić information content (AvgIpc) is 2.90. The van der Waals surface area contributed by atoms with Crippen LogP contribution < -0.4 is 21.3 Å². The molecule has 3 rings (SSSR count). The number of halogens is 2. The van der Waals surface area contributed by atoms with Gasteiger partial charge in [0.1, 0.15) is 5.65 Å². The van der Waals surface area contributed by atoms with E-state index in [0.717, 1.165) is 47.1 Å². The van der Waals surface area contributed by atoms with Gasteiger partial charge < -0.3 is 26.3 Å². The van der Waals surface area contributed by atoms with Gasteiger partial charge in [-0.1, -0.05) is 0 Å². The van der Waals surface area contributed by atoms with Crippen molar-refractivity contribution in [2.75, 3.05) is 29.9 Å². The summed E-state index contributed by atoms with van der Waals surface area (Å²) in [6, 6.07) is -0.0627. The standard InChI is InChI=1S/C15H21BrN6O.ClH/c1-2-18-15(23)21-11-7-20-14-12(11)13(10(16)6-19-14)22-5-3-4-9(17)8-22;/h6-7,9H,2-5,8,17H2,1H3,(H,19,20)(H2,18,21,23);1H. The van der Waals surface area contributed by atoms with Gasteiger partial charge in [0.05, 0.1) is 21.2 Å². The van der Waals surface area contributed by atoms with E-state index in [1.165, 1.54) is 0 Å². The molecular weight excluding hydrogens is 396 g/mol. The highest BCUT2D eigenvalue weighted by Crippen LogP contribution is 2.38. The highest BCUT2D eigenvalue weighted by molar-refractivity contribution is 9.10. The Morgan fingerprint density at radius 3 is 3.08 bits per heavy atom. The zero-order valence-corrected chi connectivity index (χ0v) is 15.8. The molecule has 0 radical (unpaired) electrons.